The van der Waals surface area contributed by atoms with E-state index in [2.05, 4.69) is 6.58 Å². The molecule has 4 unspecified atom stereocenters. The Bertz CT molecular complexity index is 947. The topological polar surface area (TPSA) is 119 Å². The van der Waals surface area contributed by atoms with E-state index in [0.29, 0.717) is 12.8 Å². The molecule has 0 aromatic carbocycles. The van der Waals surface area contributed by atoms with E-state index < -0.39 is 59.3 Å². The smallest absolute Gasteiger partial charge is 0.334 e. The third-order valence-electron chi connectivity index (χ3n) is 8.18. The first-order valence-electron chi connectivity index (χ1n) is 12.3. The third-order valence-corrected chi connectivity index (χ3v) is 8.18. The van der Waals surface area contributed by atoms with Crippen molar-refractivity contribution in [1.29, 1.82) is 0 Å². The highest BCUT2D eigenvalue weighted by molar-refractivity contribution is 5.90. The van der Waals surface area contributed by atoms with Gasteiger partial charge < -0.3 is 24.4 Å². The molecule has 1 saturated heterocycles. The zero-order valence-corrected chi connectivity index (χ0v) is 21.4. The van der Waals surface area contributed by atoms with Gasteiger partial charge in [0.1, 0.15) is 18.3 Å². The Labute approximate surface area is 207 Å². The second-order valence-electron chi connectivity index (χ2n) is 10.7. The molecule has 194 valence electrons. The average Bonchev–Trinajstić information content (AvgIpc) is 3.06. The molecular weight excluding hydrogens is 452 g/mol. The first-order valence-corrected chi connectivity index (χ1v) is 12.3. The van der Waals surface area contributed by atoms with Gasteiger partial charge in [0.2, 0.25) is 0 Å². The third kappa shape index (κ3) is 4.96. The minimum atomic E-state index is -1.26. The van der Waals surface area contributed by atoms with Crippen LogP contribution < -0.4 is 0 Å². The molecule has 0 radical (unpaired) electrons. The quantitative estimate of drug-likeness (QED) is 0.242. The second-order valence-corrected chi connectivity index (χ2v) is 10.7. The van der Waals surface area contributed by atoms with Crippen molar-refractivity contribution in [1.82, 2.24) is 0 Å². The Balaban J connectivity index is 2.09. The zero-order valence-electron chi connectivity index (χ0n) is 21.4. The summed E-state index contributed by atoms with van der Waals surface area (Å²) >= 11 is 0. The van der Waals surface area contributed by atoms with Crippen LogP contribution in [-0.4, -0.2) is 58.1 Å². The molecule has 2 aliphatic carbocycles. The van der Waals surface area contributed by atoms with Crippen LogP contribution in [0, 0.1) is 23.2 Å². The van der Waals surface area contributed by atoms with Gasteiger partial charge in [0.05, 0.1) is 24.0 Å². The van der Waals surface area contributed by atoms with Crippen LogP contribution >= 0.6 is 0 Å². The standard InChI is InChI=1S/C27H38O8/c1-8-14(3)12-19(29)34-24-21-16(5)25(31)35-22(15(4)17-10-11-18(28)27(17,24)7)23(21)33-20(30)13-26(6,32)9-2/h10-12,15,17-18,21-24,28,32H,5,8-9,13H2,1-4,6-7H3/b14-12+/t15-,17?,18+,21?,22?,23-,24-,26?,27-/m0/s1. The highest BCUT2D eigenvalue weighted by atomic mass is 16.6. The molecule has 1 saturated carbocycles. The Morgan fingerprint density at radius 1 is 1.29 bits per heavy atom. The number of ether oxygens (including phenoxy) is 3. The van der Waals surface area contributed by atoms with Crippen LogP contribution in [0.2, 0.25) is 0 Å². The van der Waals surface area contributed by atoms with E-state index in [1.165, 1.54) is 6.08 Å². The highest BCUT2D eigenvalue weighted by Gasteiger charge is 2.65. The maximum absolute atomic E-state index is 12.9. The lowest BCUT2D eigenvalue weighted by atomic mass is 9.66. The lowest BCUT2D eigenvalue weighted by molar-refractivity contribution is -0.192. The van der Waals surface area contributed by atoms with Crippen LogP contribution in [0.5, 0.6) is 0 Å². The number of fused-ring (bicyclic) bond motifs is 3. The van der Waals surface area contributed by atoms with Crippen LogP contribution in [0.25, 0.3) is 0 Å². The second kappa shape index (κ2) is 9.90. The molecule has 8 nitrogen and oxygen atoms in total. The summed E-state index contributed by atoms with van der Waals surface area (Å²) in [5.74, 6) is -3.54. The summed E-state index contributed by atoms with van der Waals surface area (Å²) in [6.45, 7) is 14.6. The summed E-state index contributed by atoms with van der Waals surface area (Å²) in [4.78, 5) is 38.7. The number of hydrogen-bond donors (Lipinski definition) is 2. The summed E-state index contributed by atoms with van der Waals surface area (Å²) in [6.07, 6.45) is 1.83. The van der Waals surface area contributed by atoms with E-state index >= 15 is 0 Å². The molecular formula is C27H38O8. The zero-order chi connectivity index (χ0) is 26.3. The first kappa shape index (κ1) is 27.1. The molecule has 2 bridgehead atoms. The van der Waals surface area contributed by atoms with E-state index in [-0.39, 0.29) is 23.8 Å². The average molecular weight is 491 g/mol. The van der Waals surface area contributed by atoms with Gasteiger partial charge in [0.15, 0.2) is 0 Å². The number of carbonyl (C=O) groups excluding carboxylic acids is 3. The monoisotopic (exact) mass is 490 g/mol. The fourth-order valence-corrected chi connectivity index (χ4v) is 5.53. The van der Waals surface area contributed by atoms with Crippen molar-refractivity contribution in [3.05, 3.63) is 36.0 Å². The number of rotatable bonds is 7. The molecule has 0 aromatic heterocycles. The maximum atomic E-state index is 12.9. The predicted octanol–water partition coefficient (Wildman–Crippen LogP) is 3.02. The van der Waals surface area contributed by atoms with E-state index in [4.69, 9.17) is 14.2 Å². The van der Waals surface area contributed by atoms with Gasteiger partial charge >= 0.3 is 17.9 Å². The van der Waals surface area contributed by atoms with Gasteiger partial charge in [-0.25, -0.2) is 9.59 Å². The van der Waals surface area contributed by atoms with Crippen molar-refractivity contribution < 1.29 is 38.8 Å². The van der Waals surface area contributed by atoms with Crippen molar-refractivity contribution >= 4 is 17.9 Å². The van der Waals surface area contributed by atoms with Crippen LogP contribution in [-0.2, 0) is 28.6 Å². The Morgan fingerprint density at radius 2 is 1.94 bits per heavy atom. The van der Waals surface area contributed by atoms with Gasteiger partial charge in [-0.15, -0.1) is 0 Å². The number of allylic oxidation sites excluding steroid dienone is 2. The van der Waals surface area contributed by atoms with Crippen molar-refractivity contribution in [2.24, 2.45) is 23.2 Å². The normalized spacial score (nSPS) is 38.2. The summed E-state index contributed by atoms with van der Waals surface area (Å²) < 4.78 is 17.6. The minimum absolute atomic E-state index is 0.0171. The minimum Gasteiger partial charge on any atom is -0.458 e. The molecule has 1 aliphatic heterocycles. The molecule has 0 aromatic rings. The van der Waals surface area contributed by atoms with Gasteiger partial charge in [-0.2, -0.15) is 0 Å². The lowest BCUT2D eigenvalue weighted by Crippen LogP contribution is -2.55. The molecule has 0 amide bonds. The van der Waals surface area contributed by atoms with Gasteiger partial charge in [-0.1, -0.05) is 52.0 Å². The van der Waals surface area contributed by atoms with Gasteiger partial charge in [0.25, 0.3) is 0 Å². The Kier molecular flexibility index (Phi) is 7.67. The fourth-order valence-electron chi connectivity index (χ4n) is 5.53. The first-order chi connectivity index (χ1) is 16.3. The molecule has 2 N–H and O–H groups in total. The summed E-state index contributed by atoms with van der Waals surface area (Å²) in [5, 5.41) is 21.5. The van der Waals surface area contributed by atoms with E-state index in [9.17, 15) is 24.6 Å². The van der Waals surface area contributed by atoms with E-state index in [1.54, 1.807) is 19.9 Å². The Morgan fingerprint density at radius 3 is 2.54 bits per heavy atom. The number of esters is 3. The number of carbonyl (C=O) groups is 3. The lowest BCUT2D eigenvalue weighted by Gasteiger charge is -2.44. The number of aliphatic hydroxyl groups excluding tert-OH is 1. The van der Waals surface area contributed by atoms with E-state index in [0.717, 1.165) is 5.57 Å². The van der Waals surface area contributed by atoms with Crippen molar-refractivity contribution in [3.8, 4) is 0 Å². The molecule has 35 heavy (non-hydrogen) atoms. The fraction of sp³-hybridized carbons (Fsp3) is 0.667. The number of hydrogen-bond acceptors (Lipinski definition) is 8. The highest BCUT2D eigenvalue weighted by Crippen LogP contribution is 2.56. The molecule has 9 atom stereocenters. The predicted molar refractivity (Wildman–Crippen MR) is 128 cm³/mol. The summed E-state index contributed by atoms with van der Waals surface area (Å²) in [7, 11) is 0. The molecule has 3 aliphatic rings. The largest absolute Gasteiger partial charge is 0.458 e. The maximum Gasteiger partial charge on any atom is 0.334 e. The van der Waals surface area contributed by atoms with E-state index in [1.807, 2.05) is 33.8 Å². The molecule has 0 spiro atoms. The van der Waals surface area contributed by atoms with Crippen molar-refractivity contribution in [2.75, 3.05) is 0 Å². The van der Waals surface area contributed by atoms with Gasteiger partial charge in [0, 0.05) is 23.0 Å². The Hall–Kier alpha value is -2.45. The van der Waals surface area contributed by atoms with Crippen molar-refractivity contribution in [2.45, 2.75) is 90.8 Å². The van der Waals surface area contributed by atoms with Crippen LogP contribution in [0.3, 0.4) is 0 Å². The van der Waals surface area contributed by atoms with Crippen LogP contribution in [0.1, 0.15) is 60.8 Å². The molecule has 8 heteroatoms. The number of aliphatic hydroxyl groups is 2. The summed E-state index contributed by atoms with van der Waals surface area (Å²) in [6, 6.07) is 0. The van der Waals surface area contributed by atoms with Crippen LogP contribution in [0.15, 0.2) is 36.0 Å². The summed E-state index contributed by atoms with van der Waals surface area (Å²) in [5.41, 5.74) is -1.44. The van der Waals surface area contributed by atoms with Gasteiger partial charge in [-0.05, 0) is 32.6 Å². The molecule has 1 heterocycles. The molecule has 3 rings (SSSR count). The van der Waals surface area contributed by atoms with Crippen LogP contribution in [0.4, 0.5) is 0 Å². The van der Waals surface area contributed by atoms with Gasteiger partial charge in [-0.3, -0.25) is 4.79 Å². The van der Waals surface area contributed by atoms with Crippen molar-refractivity contribution in [3.63, 3.8) is 0 Å². The SMILES string of the molecule is C=C1C(=O)OC2[C@@H](C)C3C=C[C@@H](O)[C@@]3(C)[C@@H](OC(=O)/C=C(\C)CC)C1[C@@H]2OC(=O)CC(C)(O)CC. The molecule has 2 fully saturated rings.